The molecule has 3 aromatic rings. The number of hydrogen-bond donors (Lipinski definition) is 1. The summed E-state index contributed by atoms with van der Waals surface area (Å²) in [6, 6.07) is 13.4. The SMILES string of the molecule is COc1ccc(Cl)cc1Nc1nc(N2CCOCC2)c2ccccc2n1. The van der Waals surface area contributed by atoms with Crippen molar-refractivity contribution in [3.05, 3.63) is 47.5 Å². The van der Waals surface area contributed by atoms with Crippen LogP contribution in [-0.4, -0.2) is 43.4 Å². The van der Waals surface area contributed by atoms with E-state index in [2.05, 4.69) is 15.2 Å². The van der Waals surface area contributed by atoms with Gasteiger partial charge in [0.25, 0.3) is 0 Å². The van der Waals surface area contributed by atoms with Gasteiger partial charge in [0.15, 0.2) is 0 Å². The molecule has 2 heterocycles. The van der Waals surface area contributed by atoms with Gasteiger partial charge in [-0.2, -0.15) is 4.98 Å². The molecule has 0 aliphatic carbocycles. The Hall–Kier alpha value is -2.57. The maximum absolute atomic E-state index is 6.13. The van der Waals surface area contributed by atoms with E-state index in [1.54, 1.807) is 19.2 Å². The Balaban J connectivity index is 1.77. The fourth-order valence-corrected chi connectivity index (χ4v) is 3.20. The fraction of sp³-hybridized carbons (Fsp3) is 0.263. The van der Waals surface area contributed by atoms with Gasteiger partial charge in [0.05, 0.1) is 31.5 Å². The van der Waals surface area contributed by atoms with Gasteiger partial charge in [-0.3, -0.25) is 0 Å². The molecule has 1 N–H and O–H groups in total. The first-order valence-electron chi connectivity index (χ1n) is 8.44. The monoisotopic (exact) mass is 370 g/mol. The number of methoxy groups -OCH3 is 1. The molecular weight excluding hydrogens is 352 g/mol. The van der Waals surface area contributed by atoms with Crippen LogP contribution >= 0.6 is 11.6 Å². The van der Waals surface area contributed by atoms with Crippen molar-refractivity contribution in [1.29, 1.82) is 0 Å². The Labute approximate surface area is 156 Å². The molecule has 1 saturated heterocycles. The lowest BCUT2D eigenvalue weighted by molar-refractivity contribution is 0.122. The lowest BCUT2D eigenvalue weighted by Gasteiger charge is -2.29. The fourth-order valence-electron chi connectivity index (χ4n) is 3.03. The van der Waals surface area contributed by atoms with Gasteiger partial charge in [-0.1, -0.05) is 23.7 Å². The van der Waals surface area contributed by atoms with Crippen molar-refractivity contribution in [2.45, 2.75) is 0 Å². The highest BCUT2D eigenvalue weighted by atomic mass is 35.5. The van der Waals surface area contributed by atoms with Crippen LogP contribution in [0.25, 0.3) is 10.9 Å². The standard InChI is InChI=1S/C19H19ClN4O2/c1-25-17-7-6-13(20)12-16(17)22-19-21-15-5-3-2-4-14(15)18(23-19)24-8-10-26-11-9-24/h2-7,12H,8-11H2,1H3,(H,21,22,23). The summed E-state index contributed by atoms with van der Waals surface area (Å²) in [6.45, 7) is 3.01. The smallest absolute Gasteiger partial charge is 0.229 e. The van der Waals surface area contributed by atoms with Crippen molar-refractivity contribution < 1.29 is 9.47 Å². The third kappa shape index (κ3) is 3.38. The molecule has 134 valence electrons. The number of fused-ring (bicyclic) bond motifs is 1. The maximum Gasteiger partial charge on any atom is 0.229 e. The molecule has 2 aromatic carbocycles. The Kier molecular flexibility index (Phi) is 4.77. The van der Waals surface area contributed by atoms with Crippen LogP contribution < -0.4 is 15.0 Å². The second kappa shape index (κ2) is 7.35. The summed E-state index contributed by atoms with van der Waals surface area (Å²) in [5, 5.41) is 4.89. The Bertz CT molecular complexity index is 929. The number of aromatic nitrogens is 2. The number of halogens is 1. The van der Waals surface area contributed by atoms with Gasteiger partial charge >= 0.3 is 0 Å². The zero-order valence-electron chi connectivity index (χ0n) is 14.4. The molecule has 0 atom stereocenters. The molecule has 7 heteroatoms. The van der Waals surface area contributed by atoms with Crippen molar-refractivity contribution in [3.8, 4) is 5.75 Å². The summed E-state index contributed by atoms with van der Waals surface area (Å²) >= 11 is 6.13. The number of morpholine rings is 1. The summed E-state index contributed by atoms with van der Waals surface area (Å²) in [6.07, 6.45) is 0. The predicted octanol–water partition coefficient (Wildman–Crippen LogP) is 3.87. The number of nitrogens with zero attached hydrogens (tertiary/aromatic N) is 3. The minimum absolute atomic E-state index is 0.505. The van der Waals surface area contributed by atoms with Crippen molar-refractivity contribution >= 4 is 40.0 Å². The Morgan fingerprint density at radius 1 is 1.12 bits per heavy atom. The third-order valence-corrected chi connectivity index (χ3v) is 4.54. The van der Waals surface area contributed by atoms with Crippen LogP contribution in [0.4, 0.5) is 17.5 Å². The highest BCUT2D eigenvalue weighted by molar-refractivity contribution is 6.31. The van der Waals surface area contributed by atoms with E-state index in [4.69, 9.17) is 26.1 Å². The van der Waals surface area contributed by atoms with Gasteiger partial charge in [0.2, 0.25) is 5.95 Å². The first-order chi connectivity index (χ1) is 12.7. The lowest BCUT2D eigenvalue weighted by atomic mass is 10.2. The topological polar surface area (TPSA) is 59.5 Å². The number of ether oxygens (including phenoxy) is 2. The van der Waals surface area contributed by atoms with Crippen LogP contribution in [-0.2, 0) is 4.74 Å². The van der Waals surface area contributed by atoms with E-state index in [-0.39, 0.29) is 0 Å². The highest BCUT2D eigenvalue weighted by Gasteiger charge is 2.17. The first-order valence-corrected chi connectivity index (χ1v) is 8.82. The summed E-state index contributed by atoms with van der Waals surface area (Å²) < 4.78 is 10.9. The summed E-state index contributed by atoms with van der Waals surface area (Å²) in [5.74, 6) is 2.09. The van der Waals surface area contributed by atoms with Crippen LogP contribution in [0.5, 0.6) is 5.75 Å². The van der Waals surface area contributed by atoms with Crippen LogP contribution in [0.2, 0.25) is 5.02 Å². The van der Waals surface area contributed by atoms with Gasteiger partial charge in [-0.05, 0) is 30.3 Å². The number of rotatable bonds is 4. The molecule has 0 bridgehead atoms. The summed E-state index contributed by atoms with van der Waals surface area (Å²) in [5.41, 5.74) is 1.61. The first kappa shape index (κ1) is 16.9. The molecule has 1 fully saturated rings. The van der Waals surface area contributed by atoms with E-state index in [1.165, 1.54) is 0 Å². The molecule has 0 spiro atoms. The number of hydrogen-bond acceptors (Lipinski definition) is 6. The molecule has 4 rings (SSSR count). The second-order valence-electron chi connectivity index (χ2n) is 5.96. The number of nitrogens with one attached hydrogen (secondary N) is 1. The summed E-state index contributed by atoms with van der Waals surface area (Å²) in [7, 11) is 1.62. The quantitative estimate of drug-likeness (QED) is 0.752. The lowest BCUT2D eigenvalue weighted by Crippen LogP contribution is -2.37. The molecule has 1 aliphatic rings. The molecule has 0 unspecified atom stereocenters. The molecular formula is C19H19ClN4O2. The van der Waals surface area contributed by atoms with E-state index in [9.17, 15) is 0 Å². The predicted molar refractivity (Wildman–Crippen MR) is 104 cm³/mol. The molecule has 26 heavy (non-hydrogen) atoms. The Morgan fingerprint density at radius 3 is 2.73 bits per heavy atom. The van der Waals surface area contributed by atoms with Gasteiger partial charge < -0.3 is 19.7 Å². The Morgan fingerprint density at radius 2 is 1.92 bits per heavy atom. The molecule has 0 radical (unpaired) electrons. The third-order valence-electron chi connectivity index (χ3n) is 4.30. The zero-order chi connectivity index (χ0) is 17.9. The summed E-state index contributed by atoms with van der Waals surface area (Å²) in [4.78, 5) is 11.7. The highest BCUT2D eigenvalue weighted by Crippen LogP contribution is 2.32. The molecule has 6 nitrogen and oxygen atoms in total. The molecule has 0 saturated carbocycles. The maximum atomic E-state index is 6.13. The zero-order valence-corrected chi connectivity index (χ0v) is 15.2. The van der Waals surface area contributed by atoms with Gasteiger partial charge in [-0.25, -0.2) is 4.98 Å². The van der Waals surface area contributed by atoms with E-state index >= 15 is 0 Å². The van der Waals surface area contributed by atoms with Gasteiger partial charge in [-0.15, -0.1) is 0 Å². The normalized spacial score (nSPS) is 14.5. The average Bonchev–Trinajstić information content (AvgIpc) is 2.68. The van der Waals surface area contributed by atoms with Crippen LogP contribution in [0, 0.1) is 0 Å². The van der Waals surface area contributed by atoms with Crippen LogP contribution in [0.15, 0.2) is 42.5 Å². The minimum atomic E-state index is 0.505. The largest absolute Gasteiger partial charge is 0.495 e. The van der Waals surface area contributed by atoms with Crippen LogP contribution in [0.3, 0.4) is 0 Å². The van der Waals surface area contributed by atoms with Crippen LogP contribution in [0.1, 0.15) is 0 Å². The number of benzene rings is 2. The van der Waals surface area contributed by atoms with E-state index in [0.717, 1.165) is 35.5 Å². The van der Waals surface area contributed by atoms with Gasteiger partial charge in [0.1, 0.15) is 11.6 Å². The van der Waals surface area contributed by atoms with Crippen molar-refractivity contribution in [1.82, 2.24) is 9.97 Å². The molecule has 0 amide bonds. The molecule has 1 aromatic heterocycles. The molecule has 1 aliphatic heterocycles. The average molecular weight is 371 g/mol. The van der Waals surface area contributed by atoms with E-state index < -0.39 is 0 Å². The van der Waals surface area contributed by atoms with Gasteiger partial charge in [0, 0.05) is 23.5 Å². The van der Waals surface area contributed by atoms with Crippen molar-refractivity contribution in [2.75, 3.05) is 43.6 Å². The number of para-hydroxylation sites is 1. The second-order valence-corrected chi connectivity index (χ2v) is 6.39. The van der Waals surface area contributed by atoms with E-state index in [1.807, 2.05) is 30.3 Å². The van der Waals surface area contributed by atoms with Crippen molar-refractivity contribution in [2.24, 2.45) is 0 Å². The van der Waals surface area contributed by atoms with E-state index in [0.29, 0.717) is 29.9 Å². The van der Waals surface area contributed by atoms with Crippen molar-refractivity contribution in [3.63, 3.8) is 0 Å². The minimum Gasteiger partial charge on any atom is -0.495 e. The number of anilines is 3.